The molecule has 1 amide bonds. The fourth-order valence-electron chi connectivity index (χ4n) is 2.59. The van der Waals surface area contributed by atoms with E-state index in [-0.39, 0.29) is 12.0 Å². The van der Waals surface area contributed by atoms with E-state index in [1.54, 1.807) is 23.4 Å². The van der Waals surface area contributed by atoms with E-state index >= 15 is 0 Å². The van der Waals surface area contributed by atoms with Gasteiger partial charge in [0, 0.05) is 18.1 Å². The normalized spacial score (nSPS) is 17.5. The number of alkyl halides is 1. The molecule has 0 bridgehead atoms. The van der Waals surface area contributed by atoms with Crippen molar-refractivity contribution in [3.63, 3.8) is 0 Å². The number of aromatic nitrogens is 1. The Bertz CT molecular complexity index is 703. The van der Waals surface area contributed by atoms with E-state index in [2.05, 4.69) is 4.98 Å². The molecular formula is C17H17ClN2O2. The van der Waals surface area contributed by atoms with Crippen LogP contribution in [0.4, 0.5) is 5.69 Å². The van der Waals surface area contributed by atoms with Crippen LogP contribution in [0.25, 0.3) is 0 Å². The van der Waals surface area contributed by atoms with Crippen LogP contribution in [-0.2, 0) is 6.42 Å². The Morgan fingerprint density at radius 1 is 1.32 bits per heavy atom. The van der Waals surface area contributed by atoms with Gasteiger partial charge in [0.25, 0.3) is 5.91 Å². The summed E-state index contributed by atoms with van der Waals surface area (Å²) in [5.74, 6) is 0.522. The van der Waals surface area contributed by atoms with Crippen molar-refractivity contribution < 1.29 is 9.53 Å². The molecule has 5 heteroatoms. The number of hydrogen-bond acceptors (Lipinski definition) is 3. The Hall–Kier alpha value is -2.07. The van der Waals surface area contributed by atoms with Gasteiger partial charge in [0.05, 0.1) is 24.2 Å². The topological polar surface area (TPSA) is 42.4 Å². The lowest BCUT2D eigenvalue weighted by Crippen LogP contribution is -2.43. The van der Waals surface area contributed by atoms with Crippen LogP contribution in [0, 0.1) is 0 Å². The summed E-state index contributed by atoms with van der Waals surface area (Å²) in [6.07, 6.45) is 3.92. The maximum Gasteiger partial charge on any atom is 0.259 e. The Labute approximate surface area is 134 Å². The number of pyridine rings is 1. The molecular weight excluding hydrogens is 300 g/mol. The molecule has 1 atom stereocenters. The van der Waals surface area contributed by atoms with Gasteiger partial charge in [-0.3, -0.25) is 14.7 Å². The first kappa shape index (κ1) is 14.9. The number of anilines is 1. The van der Waals surface area contributed by atoms with Crippen LogP contribution >= 0.6 is 11.6 Å². The summed E-state index contributed by atoms with van der Waals surface area (Å²) in [5, 5.41) is 0. The Balaban J connectivity index is 1.96. The van der Waals surface area contributed by atoms with Gasteiger partial charge in [0.15, 0.2) is 0 Å². The monoisotopic (exact) mass is 316 g/mol. The fraction of sp³-hybridized carbons (Fsp3) is 0.294. The molecule has 2 aromatic rings. The Kier molecular flexibility index (Phi) is 4.03. The average Bonchev–Trinajstić information content (AvgIpc) is 2.47. The molecule has 1 aromatic carbocycles. The van der Waals surface area contributed by atoms with Crippen molar-refractivity contribution in [3.8, 4) is 5.75 Å². The van der Waals surface area contributed by atoms with Gasteiger partial charge in [-0.1, -0.05) is 29.8 Å². The van der Waals surface area contributed by atoms with Crippen LogP contribution in [0.2, 0.25) is 0 Å². The number of halogens is 1. The molecule has 4 nitrogen and oxygen atoms in total. The highest BCUT2D eigenvalue weighted by Gasteiger charge is 2.32. The van der Waals surface area contributed by atoms with Gasteiger partial charge >= 0.3 is 0 Å². The lowest BCUT2D eigenvalue weighted by Gasteiger charge is -2.33. The molecule has 0 aliphatic carbocycles. The van der Waals surface area contributed by atoms with Crippen molar-refractivity contribution in [3.05, 3.63) is 53.9 Å². The first-order chi connectivity index (χ1) is 10.6. The SMILES string of the molecule is CC(C)Oc1cncc(N2C(=O)c3ccccc3CC2Cl)c1. The van der Waals surface area contributed by atoms with E-state index in [4.69, 9.17) is 16.3 Å². The van der Waals surface area contributed by atoms with Crippen molar-refractivity contribution in [1.29, 1.82) is 0 Å². The van der Waals surface area contributed by atoms with Crippen molar-refractivity contribution in [1.82, 2.24) is 4.98 Å². The minimum absolute atomic E-state index is 0.0432. The highest BCUT2D eigenvalue weighted by atomic mass is 35.5. The number of rotatable bonds is 3. The van der Waals surface area contributed by atoms with E-state index in [1.165, 1.54) is 0 Å². The van der Waals surface area contributed by atoms with Crippen molar-refractivity contribution in [2.24, 2.45) is 0 Å². The summed E-state index contributed by atoms with van der Waals surface area (Å²) in [5.41, 5.74) is 1.89. The number of hydrogen-bond donors (Lipinski definition) is 0. The largest absolute Gasteiger partial charge is 0.489 e. The van der Waals surface area contributed by atoms with Crippen molar-refractivity contribution in [2.45, 2.75) is 31.9 Å². The molecule has 0 saturated heterocycles. The second kappa shape index (κ2) is 5.97. The smallest absolute Gasteiger partial charge is 0.259 e. The van der Waals surface area contributed by atoms with Gasteiger partial charge in [0.1, 0.15) is 11.3 Å². The second-order valence-electron chi connectivity index (χ2n) is 5.52. The van der Waals surface area contributed by atoms with E-state index in [0.29, 0.717) is 23.4 Å². The average molecular weight is 317 g/mol. The van der Waals surface area contributed by atoms with Crippen LogP contribution in [-0.4, -0.2) is 22.5 Å². The van der Waals surface area contributed by atoms with Crippen LogP contribution < -0.4 is 9.64 Å². The summed E-state index contributed by atoms with van der Waals surface area (Å²) in [4.78, 5) is 18.5. The molecule has 1 unspecified atom stereocenters. The Morgan fingerprint density at radius 3 is 2.86 bits per heavy atom. The zero-order valence-corrected chi connectivity index (χ0v) is 13.2. The molecule has 1 aliphatic heterocycles. The lowest BCUT2D eigenvalue weighted by atomic mass is 9.98. The molecule has 2 heterocycles. The summed E-state index contributed by atoms with van der Waals surface area (Å²) < 4.78 is 5.64. The molecule has 0 radical (unpaired) electrons. The fourth-order valence-corrected chi connectivity index (χ4v) is 2.96. The zero-order valence-electron chi connectivity index (χ0n) is 12.5. The van der Waals surface area contributed by atoms with E-state index in [0.717, 1.165) is 5.56 Å². The first-order valence-corrected chi connectivity index (χ1v) is 7.67. The maximum atomic E-state index is 12.7. The molecule has 0 N–H and O–H groups in total. The quantitative estimate of drug-likeness (QED) is 0.641. The minimum Gasteiger partial charge on any atom is -0.489 e. The lowest BCUT2D eigenvalue weighted by molar-refractivity contribution is 0.0976. The predicted octanol–water partition coefficient (Wildman–Crippen LogP) is 3.64. The summed E-state index contributed by atoms with van der Waals surface area (Å²) in [7, 11) is 0. The van der Waals surface area contributed by atoms with Gasteiger partial charge in [-0.05, 0) is 25.5 Å². The van der Waals surface area contributed by atoms with Crippen LogP contribution in [0.15, 0.2) is 42.7 Å². The number of nitrogens with zero attached hydrogens (tertiary/aromatic N) is 2. The predicted molar refractivity (Wildman–Crippen MR) is 86.6 cm³/mol. The summed E-state index contributed by atoms with van der Waals surface area (Å²) in [6, 6.07) is 9.35. The molecule has 22 heavy (non-hydrogen) atoms. The van der Waals surface area contributed by atoms with Gasteiger partial charge in [-0.25, -0.2) is 0 Å². The van der Waals surface area contributed by atoms with Gasteiger partial charge in [0.2, 0.25) is 0 Å². The van der Waals surface area contributed by atoms with Crippen LogP contribution in [0.3, 0.4) is 0 Å². The molecule has 0 fully saturated rings. The third kappa shape index (κ3) is 2.79. The molecule has 114 valence electrons. The maximum absolute atomic E-state index is 12.7. The van der Waals surface area contributed by atoms with Gasteiger partial charge in [-0.15, -0.1) is 0 Å². The second-order valence-corrected chi connectivity index (χ2v) is 6.02. The standard InChI is InChI=1S/C17H17ClN2O2/c1-11(2)22-14-8-13(9-19-10-14)20-16(18)7-12-5-3-4-6-15(12)17(20)21/h3-6,8-11,16H,7H2,1-2H3. The number of carbonyl (C=O) groups is 1. The third-order valence-electron chi connectivity index (χ3n) is 3.48. The number of fused-ring (bicyclic) bond motifs is 1. The van der Waals surface area contributed by atoms with Crippen molar-refractivity contribution in [2.75, 3.05) is 4.90 Å². The first-order valence-electron chi connectivity index (χ1n) is 7.23. The molecule has 1 aromatic heterocycles. The van der Waals surface area contributed by atoms with Gasteiger partial charge in [-0.2, -0.15) is 0 Å². The van der Waals surface area contributed by atoms with E-state index < -0.39 is 5.50 Å². The molecule has 0 spiro atoms. The highest BCUT2D eigenvalue weighted by Crippen LogP contribution is 2.31. The molecule has 3 rings (SSSR count). The molecule has 1 aliphatic rings. The zero-order chi connectivity index (χ0) is 15.7. The van der Waals surface area contributed by atoms with Crippen LogP contribution in [0.5, 0.6) is 5.75 Å². The van der Waals surface area contributed by atoms with E-state index in [9.17, 15) is 4.79 Å². The van der Waals surface area contributed by atoms with Crippen LogP contribution in [0.1, 0.15) is 29.8 Å². The number of carbonyl (C=O) groups excluding carboxylic acids is 1. The third-order valence-corrected chi connectivity index (χ3v) is 3.83. The van der Waals surface area contributed by atoms with Crippen molar-refractivity contribution >= 4 is 23.2 Å². The summed E-state index contributed by atoms with van der Waals surface area (Å²) in [6.45, 7) is 3.89. The minimum atomic E-state index is -0.432. The van der Waals surface area contributed by atoms with Gasteiger partial charge < -0.3 is 4.74 Å². The van der Waals surface area contributed by atoms with E-state index in [1.807, 2.05) is 38.1 Å². The number of amides is 1. The summed E-state index contributed by atoms with van der Waals surface area (Å²) >= 11 is 6.43. The molecule has 0 saturated carbocycles. The number of benzene rings is 1. The number of ether oxygens (including phenoxy) is 1. The Morgan fingerprint density at radius 2 is 2.09 bits per heavy atom. The highest BCUT2D eigenvalue weighted by molar-refractivity contribution is 6.27.